The Kier molecular flexibility index (Phi) is 4.70. The molecule has 17 heavy (non-hydrogen) atoms. The first-order chi connectivity index (χ1) is 8.16. The van der Waals surface area contributed by atoms with Crippen molar-refractivity contribution >= 4 is 55.8 Å². The van der Waals surface area contributed by atoms with E-state index < -0.39 is 0 Å². The normalized spacial score (nSPS) is 10.3. The summed E-state index contributed by atoms with van der Waals surface area (Å²) in [6.07, 6.45) is 0. The zero-order valence-corrected chi connectivity index (χ0v) is 13.4. The van der Waals surface area contributed by atoms with Crippen molar-refractivity contribution in [3.8, 4) is 0 Å². The Morgan fingerprint density at radius 2 is 1.82 bits per heavy atom. The maximum absolute atomic E-state index is 6.03. The smallest absolute Gasteiger partial charge is 0.0593 e. The quantitative estimate of drug-likeness (QED) is 0.661. The lowest BCUT2D eigenvalue weighted by atomic mass is 10.2. The molecule has 88 valence electrons. The summed E-state index contributed by atoms with van der Waals surface area (Å²) in [5, 5.41) is 4.08. The molecule has 0 amide bonds. The fourth-order valence-corrected chi connectivity index (χ4v) is 2.38. The Labute approximate surface area is 128 Å². The van der Waals surface area contributed by atoms with E-state index in [1.54, 1.807) is 0 Å². The van der Waals surface area contributed by atoms with E-state index in [0.29, 0.717) is 0 Å². The van der Waals surface area contributed by atoms with Gasteiger partial charge in [-0.15, -0.1) is 0 Å². The molecule has 0 fully saturated rings. The fourth-order valence-electron chi connectivity index (χ4n) is 1.44. The number of hydrogen-bond acceptors (Lipinski definition) is 1. The van der Waals surface area contributed by atoms with Crippen LogP contribution in [0, 0.1) is 3.57 Å². The van der Waals surface area contributed by atoms with Gasteiger partial charge in [0.15, 0.2) is 0 Å². The monoisotopic (exact) mass is 421 g/mol. The van der Waals surface area contributed by atoms with Crippen molar-refractivity contribution in [3.63, 3.8) is 0 Å². The van der Waals surface area contributed by atoms with E-state index in [0.717, 1.165) is 21.7 Å². The highest BCUT2D eigenvalue weighted by molar-refractivity contribution is 14.1. The second-order valence-corrected chi connectivity index (χ2v) is 6.03. The summed E-state index contributed by atoms with van der Waals surface area (Å²) in [6, 6.07) is 14.2. The molecule has 0 saturated heterocycles. The molecule has 0 aliphatic heterocycles. The zero-order chi connectivity index (χ0) is 12.3. The second-order valence-electron chi connectivity index (χ2n) is 3.58. The van der Waals surface area contributed by atoms with Crippen molar-refractivity contribution in [3.05, 3.63) is 61.1 Å². The minimum Gasteiger partial charge on any atom is -0.380 e. The summed E-state index contributed by atoms with van der Waals surface area (Å²) in [7, 11) is 0. The van der Waals surface area contributed by atoms with Crippen molar-refractivity contribution in [1.82, 2.24) is 0 Å². The van der Waals surface area contributed by atoms with Gasteiger partial charge in [-0.1, -0.05) is 29.8 Å². The largest absolute Gasteiger partial charge is 0.380 e. The molecule has 0 bridgehead atoms. The molecule has 0 aliphatic carbocycles. The summed E-state index contributed by atoms with van der Waals surface area (Å²) >= 11 is 11.8. The summed E-state index contributed by atoms with van der Waals surface area (Å²) < 4.78 is 2.16. The molecule has 0 spiro atoms. The van der Waals surface area contributed by atoms with Crippen LogP contribution in [0.1, 0.15) is 5.56 Å². The lowest BCUT2D eigenvalue weighted by Crippen LogP contribution is -2.00. The van der Waals surface area contributed by atoms with Gasteiger partial charge in [0.05, 0.1) is 15.2 Å². The molecule has 0 unspecified atom stereocenters. The SMILES string of the molecule is Clc1cccc(NCc2ccc(I)cc2)c1Br. The van der Waals surface area contributed by atoms with E-state index in [4.69, 9.17) is 11.6 Å². The van der Waals surface area contributed by atoms with E-state index in [9.17, 15) is 0 Å². The summed E-state index contributed by atoms with van der Waals surface area (Å²) in [4.78, 5) is 0. The van der Waals surface area contributed by atoms with E-state index in [1.165, 1.54) is 9.13 Å². The maximum atomic E-state index is 6.03. The first-order valence-electron chi connectivity index (χ1n) is 5.09. The molecule has 2 aromatic carbocycles. The lowest BCUT2D eigenvalue weighted by molar-refractivity contribution is 1.14. The number of anilines is 1. The van der Waals surface area contributed by atoms with Gasteiger partial charge >= 0.3 is 0 Å². The molecule has 0 atom stereocenters. The van der Waals surface area contributed by atoms with Crippen molar-refractivity contribution in [2.45, 2.75) is 6.54 Å². The highest BCUT2D eigenvalue weighted by Crippen LogP contribution is 2.30. The van der Waals surface area contributed by atoms with Gasteiger partial charge in [0.1, 0.15) is 0 Å². The first kappa shape index (κ1) is 13.2. The van der Waals surface area contributed by atoms with Gasteiger partial charge in [0.2, 0.25) is 0 Å². The van der Waals surface area contributed by atoms with Crippen LogP contribution < -0.4 is 5.32 Å². The number of nitrogens with one attached hydrogen (secondary N) is 1. The topological polar surface area (TPSA) is 12.0 Å². The van der Waals surface area contributed by atoms with Crippen LogP contribution in [0.2, 0.25) is 5.02 Å². The average molecular weight is 422 g/mol. The van der Waals surface area contributed by atoms with Gasteiger partial charge < -0.3 is 5.32 Å². The number of halogens is 3. The Balaban J connectivity index is 2.07. The third kappa shape index (κ3) is 3.60. The van der Waals surface area contributed by atoms with Crippen LogP contribution in [0.25, 0.3) is 0 Å². The third-order valence-electron chi connectivity index (χ3n) is 2.35. The van der Waals surface area contributed by atoms with Crippen LogP contribution in [0.15, 0.2) is 46.9 Å². The highest BCUT2D eigenvalue weighted by Gasteiger charge is 2.02. The molecule has 0 radical (unpaired) electrons. The zero-order valence-electron chi connectivity index (χ0n) is 8.88. The van der Waals surface area contributed by atoms with E-state index in [-0.39, 0.29) is 0 Å². The van der Waals surface area contributed by atoms with Crippen LogP contribution in [0.3, 0.4) is 0 Å². The summed E-state index contributed by atoms with van der Waals surface area (Å²) in [6.45, 7) is 0.788. The Bertz CT molecular complexity index is 513. The molecule has 0 aliphatic rings. The van der Waals surface area contributed by atoms with Gasteiger partial charge in [-0.2, -0.15) is 0 Å². The minimum atomic E-state index is 0.720. The number of rotatable bonds is 3. The molecule has 0 aromatic heterocycles. The highest BCUT2D eigenvalue weighted by atomic mass is 127. The molecule has 2 rings (SSSR count). The number of benzene rings is 2. The Hall–Kier alpha value is -0.260. The van der Waals surface area contributed by atoms with Crippen LogP contribution >= 0.6 is 50.1 Å². The standard InChI is InChI=1S/C13H10BrClIN/c14-13-11(15)2-1-3-12(13)17-8-9-4-6-10(16)7-5-9/h1-7,17H,8H2. The molecule has 1 N–H and O–H groups in total. The summed E-state index contributed by atoms with van der Waals surface area (Å²) in [5.74, 6) is 0. The predicted molar refractivity (Wildman–Crippen MR) is 85.6 cm³/mol. The molecule has 4 heteroatoms. The van der Waals surface area contributed by atoms with E-state index in [1.807, 2.05) is 18.2 Å². The molecule has 1 nitrogen and oxygen atoms in total. The molecular weight excluding hydrogens is 412 g/mol. The van der Waals surface area contributed by atoms with Crippen molar-refractivity contribution in [2.75, 3.05) is 5.32 Å². The molecule has 0 saturated carbocycles. The van der Waals surface area contributed by atoms with Crippen molar-refractivity contribution in [1.29, 1.82) is 0 Å². The number of hydrogen-bond donors (Lipinski definition) is 1. The van der Waals surface area contributed by atoms with Crippen molar-refractivity contribution < 1.29 is 0 Å². The Morgan fingerprint density at radius 1 is 1.12 bits per heavy atom. The van der Waals surface area contributed by atoms with Crippen LogP contribution in [0.5, 0.6) is 0 Å². The molecule has 0 heterocycles. The van der Waals surface area contributed by atoms with E-state index in [2.05, 4.69) is 68.1 Å². The second kappa shape index (κ2) is 6.07. The van der Waals surface area contributed by atoms with Crippen LogP contribution in [-0.2, 0) is 6.54 Å². The lowest BCUT2D eigenvalue weighted by Gasteiger charge is -2.09. The van der Waals surface area contributed by atoms with Gasteiger partial charge in [-0.25, -0.2) is 0 Å². The fraction of sp³-hybridized carbons (Fsp3) is 0.0769. The molecule has 2 aromatic rings. The van der Waals surface area contributed by atoms with Gasteiger partial charge in [0, 0.05) is 10.1 Å². The van der Waals surface area contributed by atoms with Gasteiger partial charge in [-0.3, -0.25) is 0 Å². The third-order valence-corrected chi connectivity index (χ3v) is 4.46. The van der Waals surface area contributed by atoms with E-state index >= 15 is 0 Å². The van der Waals surface area contributed by atoms with Crippen molar-refractivity contribution in [2.24, 2.45) is 0 Å². The maximum Gasteiger partial charge on any atom is 0.0593 e. The first-order valence-corrected chi connectivity index (χ1v) is 7.34. The molecular formula is C13H10BrClIN. The summed E-state index contributed by atoms with van der Waals surface area (Å²) in [5.41, 5.74) is 2.26. The average Bonchev–Trinajstić information content (AvgIpc) is 2.33. The predicted octanol–water partition coefficient (Wildman–Crippen LogP) is 5.32. The minimum absolute atomic E-state index is 0.720. The van der Waals surface area contributed by atoms with Gasteiger partial charge in [-0.05, 0) is 68.3 Å². The Morgan fingerprint density at radius 3 is 2.53 bits per heavy atom. The van der Waals surface area contributed by atoms with Crippen LogP contribution in [0.4, 0.5) is 5.69 Å². The van der Waals surface area contributed by atoms with Crippen LogP contribution in [-0.4, -0.2) is 0 Å². The van der Waals surface area contributed by atoms with Gasteiger partial charge in [0.25, 0.3) is 0 Å².